The summed E-state index contributed by atoms with van der Waals surface area (Å²) < 4.78 is 29.8. The molecule has 2 amide bonds. The highest BCUT2D eigenvalue weighted by Crippen LogP contribution is 2.41. The highest BCUT2D eigenvalue weighted by Gasteiger charge is 2.26. The minimum absolute atomic E-state index is 0.0114. The first-order chi connectivity index (χ1) is 26.0. The van der Waals surface area contributed by atoms with Gasteiger partial charge in [0.05, 0.1) is 38.7 Å². The van der Waals surface area contributed by atoms with Crippen molar-refractivity contribution in [2.24, 2.45) is 0 Å². The van der Waals surface area contributed by atoms with Crippen molar-refractivity contribution in [3.8, 4) is 11.1 Å². The molecule has 0 aliphatic carbocycles. The molecule has 1 saturated heterocycles. The number of likely N-dealkylation sites (tertiary alicyclic amines) is 1. The Kier molecular flexibility index (Phi) is 11.3. The number of amides is 2. The molecule has 1 fully saturated rings. The number of hydrogen-bond acceptors (Lipinski definition) is 10. The summed E-state index contributed by atoms with van der Waals surface area (Å²) in [5, 5.41) is 27.1. The average molecular weight is 780 g/mol. The van der Waals surface area contributed by atoms with Gasteiger partial charge in [0.25, 0.3) is 12.3 Å². The van der Waals surface area contributed by atoms with Gasteiger partial charge < -0.3 is 26.4 Å². The predicted octanol–water partition coefficient (Wildman–Crippen LogP) is 6.26. The number of aliphatic hydroxyl groups excluding tert-OH is 1. The largest absolute Gasteiger partial charge is 0.392 e. The van der Waals surface area contributed by atoms with Gasteiger partial charge in [-0.3, -0.25) is 24.2 Å². The molecule has 282 valence electrons. The first-order valence-corrected chi connectivity index (χ1v) is 18.4. The van der Waals surface area contributed by atoms with E-state index in [1.807, 2.05) is 4.68 Å². The van der Waals surface area contributed by atoms with Crippen LogP contribution in [0.5, 0.6) is 0 Å². The van der Waals surface area contributed by atoms with E-state index < -0.39 is 24.3 Å². The van der Waals surface area contributed by atoms with E-state index in [-0.39, 0.29) is 44.5 Å². The molecule has 2 atom stereocenters. The summed E-state index contributed by atoms with van der Waals surface area (Å²) in [7, 11) is 0. The quantitative estimate of drug-likeness (QED) is 0.0915. The zero-order valence-electron chi connectivity index (χ0n) is 29.3. The number of aryl methyl sites for hydroxylation is 1. The van der Waals surface area contributed by atoms with E-state index in [4.69, 9.17) is 23.2 Å². The first kappa shape index (κ1) is 37.5. The third-order valence-electron chi connectivity index (χ3n) is 9.40. The molecular formula is C37H38Cl2F2N10O3. The molecule has 3 aromatic heterocycles. The van der Waals surface area contributed by atoms with E-state index in [0.29, 0.717) is 61.6 Å². The number of halogens is 4. The number of nitrogens with zero attached hydrogens (tertiary/aromatic N) is 6. The Morgan fingerprint density at radius 2 is 1.76 bits per heavy atom. The third kappa shape index (κ3) is 8.30. The van der Waals surface area contributed by atoms with Crippen LogP contribution >= 0.6 is 23.2 Å². The molecule has 1 unspecified atom stereocenters. The maximum atomic E-state index is 14.0. The van der Waals surface area contributed by atoms with Crippen LogP contribution in [0.15, 0.2) is 54.7 Å². The lowest BCUT2D eigenvalue weighted by Crippen LogP contribution is -2.34. The number of carbonyl (C=O) groups excluding carboxylic acids is 2. The van der Waals surface area contributed by atoms with Gasteiger partial charge in [0.15, 0.2) is 17.3 Å². The molecule has 0 saturated carbocycles. The Morgan fingerprint density at radius 3 is 2.48 bits per heavy atom. The van der Waals surface area contributed by atoms with E-state index in [1.54, 1.807) is 54.7 Å². The second-order valence-corrected chi connectivity index (χ2v) is 14.1. The first-order valence-electron chi connectivity index (χ1n) is 17.6. The molecular weight excluding hydrogens is 741 g/mol. The maximum absolute atomic E-state index is 14.0. The zero-order chi connectivity index (χ0) is 37.9. The van der Waals surface area contributed by atoms with Crippen LogP contribution in [0, 0.1) is 0 Å². The number of anilines is 3. The van der Waals surface area contributed by atoms with Crippen molar-refractivity contribution in [1.82, 2.24) is 40.3 Å². The van der Waals surface area contributed by atoms with Gasteiger partial charge in [-0.25, -0.2) is 18.7 Å². The molecule has 17 heteroatoms. The highest BCUT2D eigenvalue weighted by molar-refractivity contribution is 6.39. The molecule has 5 heterocycles. The Morgan fingerprint density at radius 1 is 1.00 bits per heavy atom. The summed E-state index contributed by atoms with van der Waals surface area (Å²) in [4.78, 5) is 39.5. The number of carbonyl (C=O) groups is 2. The average Bonchev–Trinajstić information content (AvgIpc) is 3.78. The molecule has 0 radical (unpaired) electrons. The van der Waals surface area contributed by atoms with Crippen molar-refractivity contribution < 1.29 is 23.5 Å². The molecule has 0 bridgehead atoms. The van der Waals surface area contributed by atoms with Gasteiger partial charge >= 0.3 is 0 Å². The number of fused-ring (bicyclic) bond motifs is 2. The fraction of sp³-hybridized carbons (Fsp3) is 0.351. The van der Waals surface area contributed by atoms with Crippen LogP contribution in [0.1, 0.15) is 66.2 Å². The number of benzene rings is 2. The fourth-order valence-electron chi connectivity index (χ4n) is 6.84. The van der Waals surface area contributed by atoms with Crippen molar-refractivity contribution in [2.45, 2.75) is 57.8 Å². The maximum Gasteiger partial charge on any atom is 0.297 e. The number of alkyl halides is 2. The number of aliphatic hydroxyl groups is 1. The molecule has 2 aliphatic heterocycles. The normalized spacial score (nSPS) is 17.2. The van der Waals surface area contributed by atoms with Gasteiger partial charge in [0.2, 0.25) is 5.91 Å². The number of hydrogen-bond donors (Lipinski definition) is 5. The van der Waals surface area contributed by atoms with Crippen LogP contribution < -0.4 is 21.3 Å². The summed E-state index contributed by atoms with van der Waals surface area (Å²) in [6.45, 7) is 4.97. The van der Waals surface area contributed by atoms with Gasteiger partial charge in [-0.05, 0) is 49.1 Å². The number of aromatic nitrogens is 5. The van der Waals surface area contributed by atoms with Crippen LogP contribution in [0.4, 0.5) is 26.0 Å². The van der Waals surface area contributed by atoms with Crippen molar-refractivity contribution in [3.05, 3.63) is 87.5 Å². The van der Waals surface area contributed by atoms with Crippen LogP contribution in [-0.4, -0.2) is 78.8 Å². The SMILES string of the molecule is CC(=O)NCCNC1CCCn2nc(C(=O)Nc3cccc(-c4cccc(Nc5nc(C(F)F)nc6cc(CN7CC[C@@H](O)C7)cnc56)c4Cl)c3Cl)cc21. The number of β-amino-alcohol motifs (C(OH)–C–C–N with tert-alkyl or cyclic N) is 1. The van der Waals surface area contributed by atoms with Gasteiger partial charge in [-0.1, -0.05) is 47.5 Å². The molecule has 54 heavy (non-hydrogen) atoms. The van der Waals surface area contributed by atoms with Crippen molar-refractivity contribution in [2.75, 3.05) is 36.8 Å². The Bertz CT molecular complexity index is 2200. The van der Waals surface area contributed by atoms with Crippen LogP contribution in [0.25, 0.3) is 22.2 Å². The van der Waals surface area contributed by atoms with Crippen LogP contribution in [0.2, 0.25) is 10.0 Å². The van der Waals surface area contributed by atoms with Gasteiger partial charge in [0.1, 0.15) is 5.52 Å². The summed E-state index contributed by atoms with van der Waals surface area (Å²) in [5.74, 6) is -1.14. The van der Waals surface area contributed by atoms with Crippen molar-refractivity contribution in [3.63, 3.8) is 0 Å². The van der Waals surface area contributed by atoms with E-state index in [1.165, 1.54) is 6.92 Å². The lowest BCUT2D eigenvalue weighted by Gasteiger charge is -2.24. The molecule has 0 spiro atoms. The van der Waals surface area contributed by atoms with E-state index in [2.05, 4.69) is 46.2 Å². The van der Waals surface area contributed by atoms with Crippen LogP contribution in [0.3, 0.4) is 0 Å². The Balaban J connectivity index is 1.11. The lowest BCUT2D eigenvalue weighted by atomic mass is 10.0. The summed E-state index contributed by atoms with van der Waals surface area (Å²) in [6.07, 6.45) is 0.757. The lowest BCUT2D eigenvalue weighted by molar-refractivity contribution is -0.118. The molecule has 5 N–H and O–H groups in total. The minimum Gasteiger partial charge on any atom is -0.392 e. The number of rotatable bonds is 12. The smallest absolute Gasteiger partial charge is 0.297 e. The molecule has 13 nitrogen and oxygen atoms in total. The topological polar surface area (TPSA) is 162 Å². The van der Waals surface area contributed by atoms with E-state index in [9.17, 15) is 23.5 Å². The number of nitrogens with one attached hydrogen (secondary N) is 4. The van der Waals surface area contributed by atoms with Crippen molar-refractivity contribution in [1.29, 1.82) is 0 Å². The van der Waals surface area contributed by atoms with Crippen LogP contribution in [-0.2, 0) is 17.9 Å². The molecule has 2 aliphatic rings. The fourth-order valence-corrected chi connectivity index (χ4v) is 7.39. The Hall–Kier alpha value is -4.80. The van der Waals surface area contributed by atoms with E-state index in [0.717, 1.165) is 30.6 Å². The van der Waals surface area contributed by atoms with E-state index >= 15 is 0 Å². The number of pyridine rings is 1. The second-order valence-electron chi connectivity index (χ2n) is 13.3. The van der Waals surface area contributed by atoms with Gasteiger partial charge in [-0.2, -0.15) is 5.10 Å². The molecule has 5 aromatic rings. The monoisotopic (exact) mass is 778 g/mol. The van der Waals surface area contributed by atoms with Crippen molar-refractivity contribution >= 4 is 63.2 Å². The standard InChI is InChI=1S/C37H38Cl2F2N10O3/c1-20(52)42-11-12-43-25-9-4-13-51-30(25)16-29(49-51)37(54)47-27-8-3-6-24(32(27)39)23-5-2-7-26(31(23)38)45-35-33-28(46-36(48-35)34(40)41)15-21(17-44-33)18-50-14-10-22(53)19-50/h2-3,5-8,15-17,22,25,34,43,53H,4,9-14,18-19H2,1H3,(H,42,52)(H,47,54)(H,45,46,48)/t22-,25?/m1/s1. The zero-order valence-corrected chi connectivity index (χ0v) is 30.8. The molecule has 7 rings (SSSR count). The predicted molar refractivity (Wildman–Crippen MR) is 202 cm³/mol. The second kappa shape index (κ2) is 16.3. The van der Waals surface area contributed by atoms with Gasteiger partial charge in [-0.15, -0.1) is 0 Å². The minimum atomic E-state index is -2.93. The summed E-state index contributed by atoms with van der Waals surface area (Å²) >= 11 is 13.9. The molecule has 2 aromatic carbocycles. The Labute approximate surface area is 319 Å². The van der Waals surface area contributed by atoms with Gasteiger partial charge in [0, 0.05) is 69.6 Å². The summed E-state index contributed by atoms with van der Waals surface area (Å²) in [5.41, 5.74) is 4.16. The summed E-state index contributed by atoms with van der Waals surface area (Å²) in [6, 6.07) is 13.8. The third-order valence-corrected chi connectivity index (χ3v) is 10.2. The highest BCUT2D eigenvalue weighted by atomic mass is 35.5.